The van der Waals surface area contributed by atoms with Gasteiger partial charge in [0.2, 0.25) is 11.7 Å². The Morgan fingerprint density at radius 3 is 2.43 bits per heavy atom. The fourth-order valence-electron chi connectivity index (χ4n) is 3.77. The molecule has 4 amide bonds. The molecule has 0 saturated carbocycles. The van der Waals surface area contributed by atoms with E-state index in [2.05, 4.69) is 4.72 Å². The van der Waals surface area contributed by atoms with Crippen molar-refractivity contribution in [3.8, 4) is 0 Å². The predicted octanol–water partition coefficient (Wildman–Crippen LogP) is 2.00. The molecule has 9 nitrogen and oxygen atoms in total. The van der Waals surface area contributed by atoms with Crippen molar-refractivity contribution in [3.63, 3.8) is 0 Å². The van der Waals surface area contributed by atoms with Crippen LogP contribution in [0.1, 0.15) is 45.2 Å². The minimum absolute atomic E-state index is 0.203. The van der Waals surface area contributed by atoms with E-state index in [0.29, 0.717) is 4.90 Å². The van der Waals surface area contributed by atoms with Crippen molar-refractivity contribution >= 4 is 35.0 Å². The molecule has 1 aromatic carbocycles. The summed E-state index contributed by atoms with van der Waals surface area (Å²) in [5.41, 5.74) is -0.415. The number of barbiturate groups is 1. The number of ether oxygens (including phenoxy) is 1. The van der Waals surface area contributed by atoms with Gasteiger partial charge in [-0.05, 0) is 51.3 Å². The summed E-state index contributed by atoms with van der Waals surface area (Å²) < 4.78 is 64.3. The molecule has 2 aliphatic heterocycles. The number of nitrogens with zero attached hydrogens (tertiary/aromatic N) is 1. The Hall–Kier alpha value is -2.48. The van der Waals surface area contributed by atoms with Crippen molar-refractivity contribution in [2.45, 2.75) is 56.4 Å². The molecule has 0 aromatic heterocycles. The number of nitrogens with one attached hydrogen (secondary N) is 2. The number of hydrogen-bond donors (Lipinski definition) is 2. The van der Waals surface area contributed by atoms with Gasteiger partial charge in [0, 0.05) is 30.6 Å². The van der Waals surface area contributed by atoms with Crippen molar-refractivity contribution in [1.29, 1.82) is 0 Å². The van der Waals surface area contributed by atoms with Crippen molar-refractivity contribution in [1.82, 2.24) is 14.9 Å². The van der Waals surface area contributed by atoms with Gasteiger partial charge in [-0.2, -0.15) is 8.78 Å². The molecule has 2 heterocycles. The first-order valence-electron chi connectivity index (χ1n) is 10.9. The first-order valence-corrected chi connectivity index (χ1v) is 12.0. The molecule has 3 atom stereocenters. The average Bonchev–Trinajstić information content (AvgIpc) is 2.76. The van der Waals surface area contributed by atoms with Crippen molar-refractivity contribution in [3.05, 3.63) is 35.6 Å². The smallest absolute Gasteiger partial charge is 0.331 e. The lowest BCUT2D eigenvalue weighted by Crippen LogP contribution is -2.65. The fraction of sp³-hybridized carbons (Fsp3) is 0.545. The molecule has 0 radical (unpaired) electrons. The number of Topliss-reactive ketones (excluding diaryl/α,β-unsaturated/α-hetero) is 1. The van der Waals surface area contributed by atoms with E-state index in [1.165, 1.54) is 20.8 Å². The minimum Gasteiger partial charge on any atom is -0.598 e. The first-order chi connectivity index (χ1) is 16.2. The zero-order chi connectivity index (χ0) is 26.1. The molecule has 3 unspecified atom stereocenters. The normalized spacial score (nSPS) is 22.1. The Labute approximate surface area is 203 Å². The largest absolute Gasteiger partial charge is 0.598 e. The lowest BCUT2D eigenvalue weighted by molar-refractivity contribution is -0.162. The number of rotatable bonds is 7. The van der Waals surface area contributed by atoms with Crippen molar-refractivity contribution < 1.29 is 41.6 Å². The summed E-state index contributed by atoms with van der Waals surface area (Å²) in [5.74, 6) is -12.9. The maximum Gasteiger partial charge on any atom is 0.331 e. The molecule has 0 bridgehead atoms. The molecule has 192 valence electrons. The van der Waals surface area contributed by atoms with Crippen LogP contribution in [0.2, 0.25) is 0 Å². The molecule has 2 saturated heterocycles. The Bertz CT molecular complexity index is 1010. The molecule has 35 heavy (non-hydrogen) atoms. The Balaban J connectivity index is 1.98. The average molecular weight is 518 g/mol. The summed E-state index contributed by atoms with van der Waals surface area (Å²) in [6, 6.07) is -0.213. The third-order valence-corrected chi connectivity index (χ3v) is 7.23. The lowest BCUT2D eigenvalue weighted by atomic mass is 9.88. The highest BCUT2D eigenvalue weighted by molar-refractivity contribution is 7.90. The van der Waals surface area contributed by atoms with Crippen LogP contribution in [0.25, 0.3) is 0 Å². The second-order valence-corrected chi connectivity index (χ2v) is 11.3. The van der Waals surface area contributed by atoms with Gasteiger partial charge in [-0.3, -0.25) is 24.6 Å². The molecule has 2 aliphatic rings. The van der Waals surface area contributed by atoms with Gasteiger partial charge >= 0.3 is 12.0 Å². The molecule has 13 heteroatoms. The summed E-state index contributed by atoms with van der Waals surface area (Å²) in [6.07, 6.45) is 0.422. The molecule has 2 fully saturated rings. The quantitative estimate of drug-likeness (QED) is 0.418. The SMILES string of the molecule is CC(C)(C)[S+]([O-])NC(c1cccc(F)c1)C(F)(F)C(=O)C1C(=O)NC(=O)N(C2CCOCC2)C1=O. The van der Waals surface area contributed by atoms with Gasteiger partial charge in [0.1, 0.15) is 16.6 Å². The van der Waals surface area contributed by atoms with Crippen LogP contribution in [0.3, 0.4) is 0 Å². The van der Waals surface area contributed by atoms with E-state index in [-0.39, 0.29) is 26.1 Å². The lowest BCUT2D eigenvalue weighted by Gasteiger charge is -2.38. The van der Waals surface area contributed by atoms with Crippen molar-refractivity contribution in [2.75, 3.05) is 13.2 Å². The highest BCUT2D eigenvalue weighted by Crippen LogP contribution is 2.38. The van der Waals surface area contributed by atoms with Crippen LogP contribution in [0.5, 0.6) is 0 Å². The second kappa shape index (κ2) is 10.2. The van der Waals surface area contributed by atoms with Gasteiger partial charge in [-0.25, -0.2) is 9.18 Å². The number of carbonyl (C=O) groups is 4. The van der Waals surface area contributed by atoms with Crippen LogP contribution < -0.4 is 10.0 Å². The number of urea groups is 1. The number of benzene rings is 1. The minimum atomic E-state index is -4.49. The molecule has 3 rings (SSSR count). The molecular weight excluding hydrogens is 491 g/mol. The number of amides is 4. The first kappa shape index (κ1) is 27.1. The molecular formula is C22H26F3N3O6S. The Morgan fingerprint density at radius 1 is 1.23 bits per heavy atom. The van der Waals surface area contributed by atoms with Gasteiger partial charge in [0.25, 0.3) is 5.91 Å². The number of imide groups is 2. The molecule has 1 aromatic rings. The van der Waals surface area contributed by atoms with E-state index in [4.69, 9.17) is 4.74 Å². The van der Waals surface area contributed by atoms with E-state index < -0.39 is 75.0 Å². The van der Waals surface area contributed by atoms with Gasteiger partial charge in [-0.15, -0.1) is 4.72 Å². The number of alkyl halides is 2. The summed E-state index contributed by atoms with van der Waals surface area (Å²) in [6.45, 7) is 4.89. The maximum atomic E-state index is 15.7. The zero-order valence-electron chi connectivity index (χ0n) is 19.3. The topological polar surface area (TPSA) is 128 Å². The van der Waals surface area contributed by atoms with E-state index in [9.17, 15) is 28.1 Å². The van der Waals surface area contributed by atoms with Crippen LogP contribution in [0.15, 0.2) is 24.3 Å². The predicted molar refractivity (Wildman–Crippen MR) is 118 cm³/mol. The highest BCUT2D eigenvalue weighted by Gasteiger charge is 2.59. The molecule has 0 spiro atoms. The number of halogens is 3. The van der Waals surface area contributed by atoms with Gasteiger partial charge in [0.05, 0.1) is 0 Å². The van der Waals surface area contributed by atoms with Crippen LogP contribution in [0, 0.1) is 11.7 Å². The van der Waals surface area contributed by atoms with Crippen LogP contribution in [-0.2, 0) is 30.5 Å². The van der Waals surface area contributed by atoms with E-state index in [1.807, 2.05) is 0 Å². The van der Waals surface area contributed by atoms with Crippen LogP contribution >= 0.6 is 0 Å². The number of carbonyl (C=O) groups excluding carboxylic acids is 4. The Morgan fingerprint density at radius 2 is 1.86 bits per heavy atom. The summed E-state index contributed by atoms with van der Waals surface area (Å²) >= 11 is -2.15. The van der Waals surface area contributed by atoms with E-state index >= 15 is 8.78 Å². The second-order valence-electron chi connectivity index (χ2n) is 9.25. The molecule has 2 N–H and O–H groups in total. The zero-order valence-corrected chi connectivity index (χ0v) is 20.1. The van der Waals surface area contributed by atoms with Gasteiger partial charge in [0.15, 0.2) is 5.92 Å². The summed E-state index contributed by atoms with van der Waals surface area (Å²) in [7, 11) is 0. The molecule has 0 aliphatic carbocycles. The third-order valence-electron chi connectivity index (χ3n) is 5.67. The number of hydrogen-bond acceptors (Lipinski definition) is 7. The van der Waals surface area contributed by atoms with E-state index in [1.54, 1.807) is 5.32 Å². The Kier molecular flexibility index (Phi) is 7.94. The standard InChI is InChI=1S/C22H26F3N3O6S/c1-21(2,3)35(33)27-16(12-5-4-6-13(23)11-12)22(24,25)17(29)15-18(30)26-20(32)28(19(15)31)14-7-9-34-10-8-14/h4-6,11,14-16,27H,7-10H2,1-3H3,(H,26,30,32). The van der Waals surface area contributed by atoms with E-state index in [0.717, 1.165) is 24.3 Å². The monoisotopic (exact) mass is 517 g/mol. The van der Waals surface area contributed by atoms with Crippen LogP contribution in [-0.4, -0.2) is 63.0 Å². The van der Waals surface area contributed by atoms with Crippen LogP contribution in [0.4, 0.5) is 18.0 Å². The number of ketones is 1. The van der Waals surface area contributed by atoms with Gasteiger partial charge < -0.3 is 9.29 Å². The van der Waals surface area contributed by atoms with Crippen molar-refractivity contribution in [2.24, 2.45) is 5.92 Å². The maximum absolute atomic E-state index is 15.7. The third kappa shape index (κ3) is 5.68. The van der Waals surface area contributed by atoms with Gasteiger partial charge in [-0.1, -0.05) is 12.1 Å². The highest BCUT2D eigenvalue weighted by atomic mass is 32.2. The summed E-state index contributed by atoms with van der Waals surface area (Å²) in [4.78, 5) is 51.5. The fourth-order valence-corrected chi connectivity index (χ4v) is 4.62. The summed E-state index contributed by atoms with van der Waals surface area (Å²) in [5, 5.41) is 1.80.